The van der Waals surface area contributed by atoms with Gasteiger partial charge in [0, 0.05) is 12.7 Å². The smallest absolute Gasteiger partial charge is 0.262 e. The molecular weight excluding hydrogens is 264 g/mol. The van der Waals surface area contributed by atoms with E-state index < -0.39 is 0 Å². The number of hydrogen-bond donors (Lipinski definition) is 1. The van der Waals surface area contributed by atoms with Gasteiger partial charge in [-0.25, -0.2) is 4.98 Å². The fourth-order valence-corrected chi connectivity index (χ4v) is 1.82. The van der Waals surface area contributed by atoms with Crippen LogP contribution in [-0.4, -0.2) is 11.6 Å². The molecule has 19 heavy (non-hydrogen) atoms. The van der Waals surface area contributed by atoms with E-state index in [2.05, 4.69) is 4.98 Å². The third-order valence-corrected chi connectivity index (χ3v) is 2.77. The fourth-order valence-electron chi connectivity index (χ4n) is 1.58. The minimum Gasteiger partial charge on any atom is -0.488 e. The largest absolute Gasteiger partial charge is 0.488 e. The summed E-state index contributed by atoms with van der Waals surface area (Å²) in [7, 11) is 0. The van der Waals surface area contributed by atoms with Gasteiger partial charge in [-0.15, -0.1) is 0 Å². The molecule has 0 saturated heterocycles. The van der Waals surface area contributed by atoms with Crippen LogP contribution in [0, 0.1) is 0 Å². The number of nitrogens with zero attached hydrogens (tertiary/aromatic N) is 1. The van der Waals surface area contributed by atoms with Gasteiger partial charge in [-0.2, -0.15) is 0 Å². The number of halogens is 1. The maximum Gasteiger partial charge on any atom is 0.262 e. The Balaban J connectivity index is 2.26. The molecule has 2 rings (SSSR count). The summed E-state index contributed by atoms with van der Waals surface area (Å²) in [5, 5.41) is 0.496. The lowest BCUT2D eigenvalue weighted by molar-refractivity contribution is 0.316. The zero-order valence-electron chi connectivity index (χ0n) is 10.6. The summed E-state index contributed by atoms with van der Waals surface area (Å²) in [6.07, 6.45) is 1.64. The number of ether oxygens (including phenoxy) is 2. The molecule has 100 valence electrons. The van der Waals surface area contributed by atoms with E-state index in [0.717, 1.165) is 5.56 Å². The van der Waals surface area contributed by atoms with E-state index >= 15 is 0 Å². The standard InChI is InChI=1S/C14H15ClN2O2/c1-2-18-13-4-3-7-17-14(13)19-12-6-5-10(9-16)8-11(12)15/h3-8H,2,9,16H2,1H3. The van der Waals surface area contributed by atoms with Gasteiger partial charge in [-0.1, -0.05) is 17.7 Å². The normalized spacial score (nSPS) is 10.3. The van der Waals surface area contributed by atoms with Crippen LogP contribution in [0.3, 0.4) is 0 Å². The van der Waals surface area contributed by atoms with Crippen molar-refractivity contribution in [2.24, 2.45) is 5.73 Å². The van der Waals surface area contributed by atoms with Gasteiger partial charge in [0.05, 0.1) is 11.6 Å². The zero-order chi connectivity index (χ0) is 13.7. The molecular formula is C14H15ClN2O2. The second-order valence-electron chi connectivity index (χ2n) is 3.81. The van der Waals surface area contributed by atoms with Gasteiger partial charge in [0.25, 0.3) is 5.88 Å². The van der Waals surface area contributed by atoms with E-state index in [9.17, 15) is 0 Å². The molecule has 0 aliphatic carbocycles. The molecule has 2 aromatic rings. The van der Waals surface area contributed by atoms with E-state index in [1.165, 1.54) is 0 Å². The molecule has 0 radical (unpaired) electrons. The van der Waals surface area contributed by atoms with Crippen molar-refractivity contribution in [3.8, 4) is 17.4 Å². The Bertz CT molecular complexity index is 561. The average Bonchev–Trinajstić information content (AvgIpc) is 2.43. The molecule has 0 fully saturated rings. The number of benzene rings is 1. The minimum absolute atomic E-state index is 0.395. The third-order valence-electron chi connectivity index (χ3n) is 2.47. The Morgan fingerprint density at radius 3 is 2.79 bits per heavy atom. The zero-order valence-corrected chi connectivity index (χ0v) is 11.4. The lowest BCUT2D eigenvalue weighted by atomic mass is 10.2. The predicted molar refractivity (Wildman–Crippen MR) is 74.8 cm³/mol. The molecule has 0 aliphatic rings. The number of nitrogens with two attached hydrogens (primary N) is 1. The highest BCUT2D eigenvalue weighted by atomic mass is 35.5. The van der Waals surface area contributed by atoms with Crippen molar-refractivity contribution < 1.29 is 9.47 Å². The number of aromatic nitrogens is 1. The molecule has 1 aromatic heterocycles. The van der Waals surface area contributed by atoms with Crippen LogP contribution in [0.25, 0.3) is 0 Å². The summed E-state index contributed by atoms with van der Waals surface area (Å²) in [4.78, 5) is 4.15. The van der Waals surface area contributed by atoms with E-state index in [1.54, 1.807) is 30.5 Å². The lowest BCUT2D eigenvalue weighted by Crippen LogP contribution is -1.98. The fraction of sp³-hybridized carbons (Fsp3) is 0.214. The first-order valence-electron chi connectivity index (χ1n) is 5.98. The summed E-state index contributed by atoms with van der Waals surface area (Å²) in [5.41, 5.74) is 6.50. The average molecular weight is 279 g/mol. The van der Waals surface area contributed by atoms with Crippen molar-refractivity contribution in [2.75, 3.05) is 6.61 Å². The minimum atomic E-state index is 0.395. The highest BCUT2D eigenvalue weighted by Gasteiger charge is 2.09. The van der Waals surface area contributed by atoms with Crippen LogP contribution in [0.15, 0.2) is 36.5 Å². The highest BCUT2D eigenvalue weighted by molar-refractivity contribution is 6.32. The topological polar surface area (TPSA) is 57.4 Å². The van der Waals surface area contributed by atoms with Crippen molar-refractivity contribution in [3.63, 3.8) is 0 Å². The molecule has 0 spiro atoms. The number of pyridine rings is 1. The van der Waals surface area contributed by atoms with Crippen LogP contribution < -0.4 is 15.2 Å². The summed E-state index contributed by atoms with van der Waals surface area (Å²) >= 11 is 6.14. The Morgan fingerprint density at radius 2 is 2.11 bits per heavy atom. The lowest BCUT2D eigenvalue weighted by Gasteiger charge is -2.11. The number of hydrogen-bond acceptors (Lipinski definition) is 4. The van der Waals surface area contributed by atoms with Crippen molar-refractivity contribution in [3.05, 3.63) is 47.1 Å². The van der Waals surface area contributed by atoms with Gasteiger partial charge in [0.15, 0.2) is 5.75 Å². The monoisotopic (exact) mass is 278 g/mol. The molecule has 0 amide bonds. The van der Waals surface area contributed by atoms with Gasteiger partial charge in [-0.05, 0) is 36.8 Å². The first-order valence-corrected chi connectivity index (χ1v) is 6.36. The summed E-state index contributed by atoms with van der Waals surface area (Å²) in [5.74, 6) is 1.51. The van der Waals surface area contributed by atoms with Crippen molar-refractivity contribution in [1.29, 1.82) is 0 Å². The van der Waals surface area contributed by atoms with Crippen LogP contribution in [0.1, 0.15) is 12.5 Å². The molecule has 0 aliphatic heterocycles. The first-order chi connectivity index (χ1) is 9.24. The molecule has 1 aromatic carbocycles. The van der Waals surface area contributed by atoms with Crippen LogP contribution in [0.4, 0.5) is 0 Å². The molecule has 0 unspecified atom stereocenters. The Kier molecular flexibility index (Phi) is 4.60. The van der Waals surface area contributed by atoms with E-state index in [0.29, 0.717) is 35.6 Å². The van der Waals surface area contributed by atoms with E-state index in [-0.39, 0.29) is 0 Å². The first kappa shape index (κ1) is 13.6. The van der Waals surface area contributed by atoms with Gasteiger partial charge in [0.2, 0.25) is 0 Å². The van der Waals surface area contributed by atoms with Crippen molar-refractivity contribution >= 4 is 11.6 Å². The molecule has 0 atom stereocenters. The van der Waals surface area contributed by atoms with Crippen LogP contribution in [0.2, 0.25) is 5.02 Å². The Labute approximate surface area is 117 Å². The van der Waals surface area contributed by atoms with Gasteiger partial charge in [-0.3, -0.25) is 0 Å². The van der Waals surface area contributed by atoms with Gasteiger partial charge < -0.3 is 15.2 Å². The Hall–Kier alpha value is -1.78. The van der Waals surface area contributed by atoms with Gasteiger partial charge >= 0.3 is 0 Å². The summed E-state index contributed by atoms with van der Waals surface area (Å²) in [6.45, 7) is 2.88. The number of rotatable bonds is 5. The highest BCUT2D eigenvalue weighted by Crippen LogP contribution is 2.33. The molecule has 5 heteroatoms. The van der Waals surface area contributed by atoms with Crippen molar-refractivity contribution in [2.45, 2.75) is 13.5 Å². The summed E-state index contributed by atoms with van der Waals surface area (Å²) < 4.78 is 11.1. The van der Waals surface area contributed by atoms with Crippen LogP contribution in [0.5, 0.6) is 17.4 Å². The van der Waals surface area contributed by atoms with E-state index in [4.69, 9.17) is 26.8 Å². The molecule has 0 saturated carbocycles. The molecule has 1 heterocycles. The van der Waals surface area contributed by atoms with Gasteiger partial charge in [0.1, 0.15) is 5.75 Å². The van der Waals surface area contributed by atoms with Crippen LogP contribution >= 0.6 is 11.6 Å². The second-order valence-corrected chi connectivity index (χ2v) is 4.22. The Morgan fingerprint density at radius 1 is 1.26 bits per heavy atom. The molecule has 0 bridgehead atoms. The van der Waals surface area contributed by atoms with Crippen LogP contribution in [-0.2, 0) is 6.54 Å². The predicted octanol–water partition coefficient (Wildman–Crippen LogP) is 3.38. The third kappa shape index (κ3) is 3.36. The maximum atomic E-state index is 6.14. The quantitative estimate of drug-likeness (QED) is 0.911. The van der Waals surface area contributed by atoms with E-state index in [1.807, 2.05) is 13.0 Å². The second kappa shape index (κ2) is 6.41. The molecule has 4 nitrogen and oxygen atoms in total. The SMILES string of the molecule is CCOc1cccnc1Oc1ccc(CN)cc1Cl. The van der Waals surface area contributed by atoms with Crippen molar-refractivity contribution in [1.82, 2.24) is 4.98 Å². The summed E-state index contributed by atoms with van der Waals surface area (Å²) in [6, 6.07) is 9.00. The molecule has 2 N–H and O–H groups in total. The maximum absolute atomic E-state index is 6.14.